The van der Waals surface area contributed by atoms with E-state index in [9.17, 15) is 0 Å². The van der Waals surface area contributed by atoms with Crippen LogP contribution < -0.4 is 15.2 Å². The zero-order chi connectivity index (χ0) is 14.9. The van der Waals surface area contributed by atoms with Gasteiger partial charge in [0.25, 0.3) is 0 Å². The highest BCUT2D eigenvalue weighted by atomic mass is 16.5. The highest BCUT2D eigenvalue weighted by Gasteiger charge is 2.17. The molecule has 0 aliphatic rings. The van der Waals surface area contributed by atoms with Gasteiger partial charge in [-0.15, -0.1) is 0 Å². The number of anilines is 1. The van der Waals surface area contributed by atoms with Crippen LogP contribution in [0.15, 0.2) is 18.2 Å². The van der Waals surface area contributed by atoms with Crippen LogP contribution in [0.2, 0.25) is 0 Å². The second-order valence-electron chi connectivity index (χ2n) is 5.03. The SMILES string of the molecule is COc1cc(OC)c(C(C)C)cc1-c1cc(N)n(C)n1. The Balaban J connectivity index is 2.64. The normalized spacial score (nSPS) is 10.9. The van der Waals surface area contributed by atoms with Crippen molar-refractivity contribution in [2.45, 2.75) is 19.8 Å². The van der Waals surface area contributed by atoms with Crippen molar-refractivity contribution in [1.82, 2.24) is 9.78 Å². The van der Waals surface area contributed by atoms with Crippen molar-refractivity contribution in [3.63, 3.8) is 0 Å². The summed E-state index contributed by atoms with van der Waals surface area (Å²) in [5.74, 6) is 2.51. The molecule has 0 fully saturated rings. The smallest absolute Gasteiger partial charge is 0.132 e. The molecule has 0 aliphatic heterocycles. The summed E-state index contributed by atoms with van der Waals surface area (Å²) < 4.78 is 12.5. The van der Waals surface area contributed by atoms with Crippen LogP contribution in [-0.4, -0.2) is 24.0 Å². The Morgan fingerprint density at radius 1 is 1.10 bits per heavy atom. The Bertz CT molecular complexity index is 598. The molecule has 0 radical (unpaired) electrons. The molecule has 0 bridgehead atoms. The van der Waals surface area contributed by atoms with Gasteiger partial charge >= 0.3 is 0 Å². The topological polar surface area (TPSA) is 62.3 Å². The van der Waals surface area contributed by atoms with Crippen molar-refractivity contribution in [3.05, 3.63) is 23.8 Å². The molecule has 2 rings (SSSR count). The van der Waals surface area contributed by atoms with E-state index in [0.717, 1.165) is 28.3 Å². The van der Waals surface area contributed by atoms with Crippen LogP contribution in [0.4, 0.5) is 5.82 Å². The molecule has 1 heterocycles. The molecule has 0 spiro atoms. The Hall–Kier alpha value is -2.17. The van der Waals surface area contributed by atoms with Crippen molar-refractivity contribution in [1.29, 1.82) is 0 Å². The van der Waals surface area contributed by atoms with E-state index in [1.807, 2.05) is 19.2 Å². The first-order valence-corrected chi connectivity index (χ1v) is 6.53. The number of nitrogens with two attached hydrogens (primary N) is 1. The van der Waals surface area contributed by atoms with Gasteiger partial charge in [-0.05, 0) is 17.5 Å². The maximum Gasteiger partial charge on any atom is 0.132 e. The first-order valence-electron chi connectivity index (χ1n) is 6.53. The van der Waals surface area contributed by atoms with Gasteiger partial charge < -0.3 is 15.2 Å². The van der Waals surface area contributed by atoms with E-state index < -0.39 is 0 Å². The largest absolute Gasteiger partial charge is 0.496 e. The molecule has 0 amide bonds. The van der Waals surface area contributed by atoms with E-state index in [0.29, 0.717) is 11.7 Å². The Kier molecular flexibility index (Phi) is 3.88. The van der Waals surface area contributed by atoms with Gasteiger partial charge in [0.1, 0.15) is 17.3 Å². The lowest BCUT2D eigenvalue weighted by molar-refractivity contribution is 0.390. The van der Waals surface area contributed by atoms with Crippen molar-refractivity contribution in [3.8, 4) is 22.8 Å². The third-order valence-electron chi connectivity index (χ3n) is 3.37. The minimum absolute atomic E-state index is 0.343. The van der Waals surface area contributed by atoms with E-state index in [1.54, 1.807) is 18.9 Å². The summed E-state index contributed by atoms with van der Waals surface area (Å²) in [6.45, 7) is 4.25. The monoisotopic (exact) mass is 275 g/mol. The zero-order valence-electron chi connectivity index (χ0n) is 12.6. The second kappa shape index (κ2) is 5.45. The third-order valence-corrected chi connectivity index (χ3v) is 3.37. The van der Waals surface area contributed by atoms with Gasteiger partial charge in [0.05, 0.1) is 19.9 Å². The van der Waals surface area contributed by atoms with Crippen LogP contribution >= 0.6 is 0 Å². The molecule has 1 aromatic carbocycles. The van der Waals surface area contributed by atoms with Crippen LogP contribution in [0, 0.1) is 0 Å². The highest BCUT2D eigenvalue weighted by molar-refractivity contribution is 5.72. The summed E-state index contributed by atoms with van der Waals surface area (Å²) in [4.78, 5) is 0. The molecule has 5 nitrogen and oxygen atoms in total. The number of ether oxygens (including phenoxy) is 2. The number of aryl methyl sites for hydroxylation is 1. The summed E-state index contributed by atoms with van der Waals surface area (Å²) in [5, 5.41) is 4.42. The fourth-order valence-electron chi connectivity index (χ4n) is 2.19. The van der Waals surface area contributed by atoms with Gasteiger partial charge in [0, 0.05) is 24.7 Å². The summed E-state index contributed by atoms with van der Waals surface area (Å²) in [6, 6.07) is 5.80. The average molecular weight is 275 g/mol. The molecular formula is C15H21N3O2. The number of nitrogen functional groups attached to an aromatic ring is 1. The molecular weight excluding hydrogens is 254 g/mol. The van der Waals surface area contributed by atoms with E-state index in [4.69, 9.17) is 15.2 Å². The van der Waals surface area contributed by atoms with Gasteiger partial charge in [0.15, 0.2) is 0 Å². The first kappa shape index (κ1) is 14.2. The molecule has 0 aliphatic carbocycles. The molecule has 20 heavy (non-hydrogen) atoms. The Morgan fingerprint density at radius 2 is 1.75 bits per heavy atom. The molecule has 0 saturated carbocycles. The fourth-order valence-corrected chi connectivity index (χ4v) is 2.19. The zero-order valence-corrected chi connectivity index (χ0v) is 12.6. The number of rotatable bonds is 4. The maximum absolute atomic E-state index is 5.86. The molecule has 0 unspecified atom stereocenters. The van der Waals surface area contributed by atoms with Gasteiger partial charge in [-0.25, -0.2) is 0 Å². The molecule has 1 aromatic heterocycles. The first-order chi connectivity index (χ1) is 9.47. The highest BCUT2D eigenvalue weighted by Crippen LogP contribution is 2.38. The molecule has 2 aromatic rings. The minimum atomic E-state index is 0.343. The predicted molar refractivity (Wildman–Crippen MR) is 80.2 cm³/mol. The number of aromatic nitrogens is 2. The molecule has 0 atom stereocenters. The van der Waals surface area contributed by atoms with Crippen LogP contribution in [0.5, 0.6) is 11.5 Å². The van der Waals surface area contributed by atoms with Crippen molar-refractivity contribution < 1.29 is 9.47 Å². The van der Waals surface area contributed by atoms with Crippen LogP contribution in [-0.2, 0) is 7.05 Å². The van der Waals surface area contributed by atoms with E-state index in [1.165, 1.54) is 0 Å². The molecule has 108 valence electrons. The van der Waals surface area contributed by atoms with Crippen molar-refractivity contribution >= 4 is 5.82 Å². The standard InChI is InChI=1S/C15H21N3O2/c1-9(2)10-6-11(12-7-15(16)18(3)17-12)14(20-5)8-13(10)19-4/h6-9H,16H2,1-5H3. The summed E-state index contributed by atoms with van der Waals surface area (Å²) in [5.41, 5.74) is 8.69. The number of methoxy groups -OCH3 is 2. The van der Waals surface area contributed by atoms with Gasteiger partial charge in [-0.1, -0.05) is 13.8 Å². The number of hydrogen-bond acceptors (Lipinski definition) is 4. The lowest BCUT2D eigenvalue weighted by Crippen LogP contribution is -1.99. The quantitative estimate of drug-likeness (QED) is 0.932. The Morgan fingerprint density at radius 3 is 2.20 bits per heavy atom. The predicted octanol–water partition coefficient (Wildman–Crippen LogP) is 2.81. The molecule has 0 saturated heterocycles. The minimum Gasteiger partial charge on any atom is -0.496 e. The molecule has 5 heteroatoms. The van der Waals surface area contributed by atoms with E-state index in [2.05, 4.69) is 25.0 Å². The van der Waals surface area contributed by atoms with Crippen LogP contribution in [0.3, 0.4) is 0 Å². The van der Waals surface area contributed by atoms with Gasteiger partial charge in [-0.3, -0.25) is 4.68 Å². The Labute approximate surface area is 119 Å². The molecule has 2 N–H and O–H groups in total. The maximum atomic E-state index is 5.86. The lowest BCUT2D eigenvalue weighted by atomic mass is 9.97. The summed E-state index contributed by atoms with van der Waals surface area (Å²) in [7, 11) is 5.12. The second-order valence-corrected chi connectivity index (χ2v) is 5.03. The third kappa shape index (κ3) is 2.43. The fraction of sp³-hybridized carbons (Fsp3) is 0.400. The summed E-state index contributed by atoms with van der Waals surface area (Å²) >= 11 is 0. The number of nitrogens with zero attached hydrogens (tertiary/aromatic N) is 2. The van der Waals surface area contributed by atoms with Crippen LogP contribution in [0.25, 0.3) is 11.3 Å². The van der Waals surface area contributed by atoms with E-state index >= 15 is 0 Å². The average Bonchev–Trinajstić information content (AvgIpc) is 2.76. The summed E-state index contributed by atoms with van der Waals surface area (Å²) in [6.07, 6.45) is 0. The van der Waals surface area contributed by atoms with Crippen molar-refractivity contribution in [2.24, 2.45) is 7.05 Å². The van der Waals surface area contributed by atoms with Gasteiger partial charge in [-0.2, -0.15) is 5.10 Å². The lowest BCUT2D eigenvalue weighted by Gasteiger charge is -2.16. The van der Waals surface area contributed by atoms with Gasteiger partial charge in [0.2, 0.25) is 0 Å². The number of benzene rings is 1. The van der Waals surface area contributed by atoms with Crippen molar-refractivity contribution in [2.75, 3.05) is 20.0 Å². The number of hydrogen-bond donors (Lipinski definition) is 1. The van der Waals surface area contributed by atoms with Crippen LogP contribution in [0.1, 0.15) is 25.3 Å². The van der Waals surface area contributed by atoms with E-state index in [-0.39, 0.29) is 0 Å².